The molecule has 5 nitrogen and oxygen atoms in total. The smallest absolute Gasteiger partial charge is 0.334 e. The van der Waals surface area contributed by atoms with Crippen LogP contribution in [0.1, 0.15) is 17.5 Å². The third kappa shape index (κ3) is 6.10. The molecule has 2 heterocycles. The Bertz CT molecular complexity index is 644. The summed E-state index contributed by atoms with van der Waals surface area (Å²) in [5.41, 5.74) is 2.50. The predicted octanol–water partition coefficient (Wildman–Crippen LogP) is 2.46. The summed E-state index contributed by atoms with van der Waals surface area (Å²) in [4.78, 5) is 17.8. The molecular weight excluding hydrogens is 357 g/mol. The number of alkyl halides is 3. The molecule has 8 heteroatoms. The Balaban J connectivity index is 1.40. The van der Waals surface area contributed by atoms with E-state index in [1.807, 2.05) is 0 Å². The maximum absolute atomic E-state index is 12.5. The summed E-state index contributed by atoms with van der Waals surface area (Å²) < 4.78 is 37.4. The molecule has 1 aromatic carbocycles. The highest BCUT2D eigenvalue weighted by atomic mass is 19.4. The fourth-order valence-electron chi connectivity index (χ4n) is 3.79. The van der Waals surface area contributed by atoms with E-state index in [1.165, 1.54) is 16.0 Å². The second-order valence-electron chi connectivity index (χ2n) is 7.54. The minimum absolute atomic E-state index is 0.163. The van der Waals surface area contributed by atoms with Gasteiger partial charge in [0.15, 0.2) is 0 Å². The largest absolute Gasteiger partial charge is 0.401 e. The number of likely N-dealkylation sites (tertiary alicyclic amines) is 1. The normalized spacial score (nSPS) is 22.2. The van der Waals surface area contributed by atoms with E-state index in [1.54, 1.807) is 4.90 Å². The van der Waals surface area contributed by atoms with E-state index in [4.69, 9.17) is 0 Å². The predicted molar refractivity (Wildman–Crippen MR) is 97.5 cm³/mol. The van der Waals surface area contributed by atoms with Gasteiger partial charge in [0.05, 0.1) is 6.54 Å². The van der Waals surface area contributed by atoms with Crippen molar-refractivity contribution in [1.82, 2.24) is 20.0 Å². The summed E-state index contributed by atoms with van der Waals surface area (Å²) in [6.07, 6.45) is -3.62. The molecule has 3 rings (SSSR count). The van der Waals surface area contributed by atoms with Gasteiger partial charge in [0.25, 0.3) is 0 Å². The summed E-state index contributed by atoms with van der Waals surface area (Å²) in [7, 11) is 0. The molecule has 27 heavy (non-hydrogen) atoms. The quantitative estimate of drug-likeness (QED) is 0.867. The molecule has 2 fully saturated rings. The van der Waals surface area contributed by atoms with E-state index in [-0.39, 0.29) is 18.6 Å². The van der Waals surface area contributed by atoms with Gasteiger partial charge in [0.2, 0.25) is 0 Å². The minimum Gasteiger partial charge on any atom is -0.334 e. The van der Waals surface area contributed by atoms with Crippen LogP contribution in [0.3, 0.4) is 0 Å². The molecule has 0 aliphatic carbocycles. The van der Waals surface area contributed by atoms with Gasteiger partial charge in [-0.25, -0.2) is 4.79 Å². The van der Waals surface area contributed by atoms with Crippen molar-refractivity contribution in [2.45, 2.75) is 32.1 Å². The van der Waals surface area contributed by atoms with E-state index < -0.39 is 12.7 Å². The van der Waals surface area contributed by atoms with E-state index in [2.05, 4.69) is 41.4 Å². The number of carbonyl (C=O) groups excluding carboxylic acids is 1. The lowest BCUT2D eigenvalue weighted by molar-refractivity contribution is -0.143. The van der Waals surface area contributed by atoms with Crippen LogP contribution in [-0.2, 0) is 6.54 Å². The number of hydrogen-bond donors (Lipinski definition) is 1. The Kier molecular flexibility index (Phi) is 6.26. The topological polar surface area (TPSA) is 38.8 Å². The molecule has 0 saturated carbocycles. The third-order valence-corrected chi connectivity index (χ3v) is 5.15. The first-order valence-electron chi connectivity index (χ1n) is 9.41. The first-order chi connectivity index (χ1) is 12.8. The summed E-state index contributed by atoms with van der Waals surface area (Å²) in [5.74, 6) is 0. The molecule has 0 radical (unpaired) electrons. The number of hydrogen-bond acceptors (Lipinski definition) is 3. The van der Waals surface area contributed by atoms with Gasteiger partial charge in [-0.15, -0.1) is 0 Å². The first kappa shape index (κ1) is 19.9. The number of nitrogens with zero attached hydrogens (tertiary/aromatic N) is 3. The van der Waals surface area contributed by atoms with Crippen LogP contribution in [0.15, 0.2) is 24.3 Å². The van der Waals surface area contributed by atoms with Crippen LogP contribution in [-0.4, -0.2) is 78.8 Å². The molecule has 1 unspecified atom stereocenters. The van der Waals surface area contributed by atoms with Crippen LogP contribution >= 0.6 is 0 Å². The van der Waals surface area contributed by atoms with Gasteiger partial charge < -0.3 is 10.2 Å². The zero-order valence-electron chi connectivity index (χ0n) is 15.6. The zero-order chi connectivity index (χ0) is 19.4. The van der Waals surface area contributed by atoms with E-state index in [9.17, 15) is 18.0 Å². The van der Waals surface area contributed by atoms with E-state index in [0.29, 0.717) is 26.1 Å². The summed E-state index contributed by atoms with van der Waals surface area (Å²) in [6, 6.07) is 8.04. The second kappa shape index (κ2) is 8.48. The van der Waals surface area contributed by atoms with Crippen LogP contribution in [0.2, 0.25) is 0 Å². The summed E-state index contributed by atoms with van der Waals surface area (Å²) in [5, 5.41) is 2.90. The van der Waals surface area contributed by atoms with Crippen molar-refractivity contribution in [2.24, 2.45) is 0 Å². The second-order valence-corrected chi connectivity index (χ2v) is 7.54. The average Bonchev–Trinajstić information content (AvgIpc) is 3.00. The Morgan fingerprint density at radius 3 is 2.56 bits per heavy atom. The van der Waals surface area contributed by atoms with Crippen molar-refractivity contribution in [3.05, 3.63) is 35.4 Å². The Morgan fingerprint density at radius 2 is 1.89 bits per heavy atom. The molecule has 1 aromatic rings. The Labute approximate surface area is 158 Å². The maximum Gasteiger partial charge on any atom is 0.401 e. The fourth-order valence-corrected chi connectivity index (χ4v) is 3.79. The summed E-state index contributed by atoms with van der Waals surface area (Å²) in [6.45, 7) is 5.53. The molecule has 2 aliphatic rings. The standard InChI is InChI=1S/C19H27F3N4O/c1-15-3-2-4-16(11-15)12-24-7-9-26(10-8-24)18(27)23-17-5-6-25(13-17)14-19(20,21)22/h2-4,11,17H,5-10,12-14H2,1H3,(H,23,27). The molecule has 2 amide bonds. The van der Waals surface area contributed by atoms with Gasteiger partial charge in [0.1, 0.15) is 0 Å². The number of rotatable bonds is 4. The number of benzene rings is 1. The highest BCUT2D eigenvalue weighted by Crippen LogP contribution is 2.20. The minimum atomic E-state index is -4.19. The van der Waals surface area contributed by atoms with Crippen LogP contribution in [0.4, 0.5) is 18.0 Å². The van der Waals surface area contributed by atoms with E-state index in [0.717, 1.165) is 19.6 Å². The number of nitrogens with one attached hydrogen (secondary N) is 1. The molecular formula is C19H27F3N4O. The van der Waals surface area contributed by atoms with Crippen molar-refractivity contribution >= 4 is 6.03 Å². The van der Waals surface area contributed by atoms with Gasteiger partial charge in [-0.3, -0.25) is 9.80 Å². The van der Waals surface area contributed by atoms with Crippen molar-refractivity contribution in [3.63, 3.8) is 0 Å². The molecule has 150 valence electrons. The van der Waals surface area contributed by atoms with Gasteiger partial charge >= 0.3 is 12.2 Å². The SMILES string of the molecule is Cc1cccc(CN2CCN(C(=O)NC3CCN(CC(F)(F)F)C3)CC2)c1. The molecule has 0 aromatic heterocycles. The molecule has 0 spiro atoms. The average molecular weight is 384 g/mol. The highest BCUT2D eigenvalue weighted by Gasteiger charge is 2.35. The maximum atomic E-state index is 12.5. The number of halogens is 3. The third-order valence-electron chi connectivity index (χ3n) is 5.15. The Morgan fingerprint density at radius 1 is 1.15 bits per heavy atom. The van der Waals surface area contributed by atoms with Crippen LogP contribution < -0.4 is 5.32 Å². The fraction of sp³-hybridized carbons (Fsp3) is 0.632. The van der Waals surface area contributed by atoms with Crippen molar-refractivity contribution < 1.29 is 18.0 Å². The van der Waals surface area contributed by atoms with Crippen LogP contribution in [0.25, 0.3) is 0 Å². The van der Waals surface area contributed by atoms with Crippen molar-refractivity contribution in [3.8, 4) is 0 Å². The van der Waals surface area contributed by atoms with Gasteiger partial charge in [-0.2, -0.15) is 13.2 Å². The first-order valence-corrected chi connectivity index (χ1v) is 9.41. The monoisotopic (exact) mass is 384 g/mol. The lowest BCUT2D eigenvalue weighted by atomic mass is 10.1. The van der Waals surface area contributed by atoms with Gasteiger partial charge in [-0.1, -0.05) is 29.8 Å². The number of carbonyl (C=O) groups is 1. The van der Waals surface area contributed by atoms with Crippen LogP contribution in [0.5, 0.6) is 0 Å². The highest BCUT2D eigenvalue weighted by molar-refractivity contribution is 5.74. The van der Waals surface area contributed by atoms with Crippen molar-refractivity contribution in [2.75, 3.05) is 45.8 Å². The molecule has 1 atom stereocenters. The van der Waals surface area contributed by atoms with Gasteiger partial charge in [-0.05, 0) is 18.9 Å². The molecule has 2 aliphatic heterocycles. The Hall–Kier alpha value is -1.80. The summed E-state index contributed by atoms with van der Waals surface area (Å²) >= 11 is 0. The lowest BCUT2D eigenvalue weighted by Gasteiger charge is -2.35. The van der Waals surface area contributed by atoms with E-state index >= 15 is 0 Å². The lowest BCUT2D eigenvalue weighted by Crippen LogP contribution is -2.53. The van der Waals surface area contributed by atoms with Gasteiger partial charge in [0, 0.05) is 51.9 Å². The van der Waals surface area contributed by atoms with Crippen LogP contribution in [0, 0.1) is 6.92 Å². The molecule has 2 saturated heterocycles. The zero-order valence-corrected chi connectivity index (χ0v) is 15.6. The number of urea groups is 1. The number of aryl methyl sites for hydroxylation is 1. The number of amides is 2. The van der Waals surface area contributed by atoms with Crippen molar-refractivity contribution in [1.29, 1.82) is 0 Å². The molecule has 0 bridgehead atoms. The number of piperazine rings is 1. The molecule has 1 N–H and O–H groups in total.